The summed E-state index contributed by atoms with van der Waals surface area (Å²) in [5, 5.41) is 0. The van der Waals surface area contributed by atoms with Crippen molar-refractivity contribution in [1.82, 2.24) is 4.72 Å². The maximum Gasteiger partial charge on any atom is 0.240 e. The van der Waals surface area contributed by atoms with Crippen LogP contribution in [0.4, 0.5) is 0 Å². The summed E-state index contributed by atoms with van der Waals surface area (Å²) in [6, 6.07) is 16.8. The Kier molecular flexibility index (Phi) is 5.49. The molecule has 4 nitrogen and oxygen atoms in total. The molecular weight excluding hydrogens is 366 g/mol. The molecule has 0 aromatic heterocycles. The van der Waals surface area contributed by atoms with E-state index in [1.807, 2.05) is 57.2 Å². The normalized spacial score (nSPS) is 24.8. The molecule has 3 atom stereocenters. The number of hydrogen-bond donors (Lipinski definition) is 1. The quantitative estimate of drug-likeness (QED) is 0.803. The Morgan fingerprint density at radius 1 is 1.04 bits per heavy atom. The Bertz CT molecular complexity index is 866. The number of methoxy groups -OCH3 is 1. The standard InChI is InChI=1S/C20H25NO3S2/c1-14-18(20(2,3)19(14)24-4)21-26(22,23)17-12-8-11-16(13-17)25-15-9-6-5-7-10-15/h5-14,18-19,21H,1-4H3. The zero-order chi connectivity index (χ0) is 18.9. The third-order valence-electron chi connectivity index (χ3n) is 5.17. The van der Waals surface area contributed by atoms with Crippen molar-refractivity contribution < 1.29 is 13.2 Å². The highest BCUT2D eigenvalue weighted by Gasteiger charge is 2.55. The van der Waals surface area contributed by atoms with E-state index in [4.69, 9.17) is 4.74 Å². The predicted molar refractivity (Wildman–Crippen MR) is 105 cm³/mol. The molecule has 3 unspecified atom stereocenters. The topological polar surface area (TPSA) is 55.4 Å². The number of hydrogen-bond acceptors (Lipinski definition) is 4. The average Bonchev–Trinajstić information content (AvgIpc) is 2.61. The van der Waals surface area contributed by atoms with Gasteiger partial charge in [-0.2, -0.15) is 0 Å². The van der Waals surface area contributed by atoms with E-state index in [9.17, 15) is 8.42 Å². The van der Waals surface area contributed by atoms with E-state index in [1.54, 1.807) is 37.1 Å². The van der Waals surface area contributed by atoms with Crippen LogP contribution in [-0.2, 0) is 14.8 Å². The molecule has 2 aromatic rings. The van der Waals surface area contributed by atoms with Crippen LogP contribution < -0.4 is 4.72 Å². The van der Waals surface area contributed by atoms with Crippen molar-refractivity contribution in [2.24, 2.45) is 11.3 Å². The third kappa shape index (κ3) is 3.69. The van der Waals surface area contributed by atoms with Gasteiger partial charge in [-0.1, -0.05) is 56.8 Å². The number of benzene rings is 2. The van der Waals surface area contributed by atoms with Gasteiger partial charge in [-0.3, -0.25) is 0 Å². The number of ether oxygens (including phenoxy) is 1. The van der Waals surface area contributed by atoms with E-state index in [1.165, 1.54) is 0 Å². The number of nitrogens with one attached hydrogen (secondary N) is 1. The fourth-order valence-corrected chi connectivity index (χ4v) is 6.43. The first-order chi connectivity index (χ1) is 12.3. The van der Waals surface area contributed by atoms with Gasteiger partial charge in [0.15, 0.2) is 0 Å². The van der Waals surface area contributed by atoms with Crippen LogP contribution in [0.25, 0.3) is 0 Å². The average molecular weight is 392 g/mol. The monoisotopic (exact) mass is 391 g/mol. The highest BCUT2D eigenvalue weighted by molar-refractivity contribution is 7.99. The molecule has 140 valence electrons. The molecule has 0 amide bonds. The van der Waals surface area contributed by atoms with E-state index >= 15 is 0 Å². The van der Waals surface area contributed by atoms with Crippen molar-refractivity contribution in [3.8, 4) is 0 Å². The van der Waals surface area contributed by atoms with Gasteiger partial charge in [0, 0.05) is 28.4 Å². The lowest BCUT2D eigenvalue weighted by molar-refractivity contribution is -0.138. The number of rotatable bonds is 6. The second-order valence-electron chi connectivity index (χ2n) is 7.33. The molecule has 0 saturated heterocycles. The molecule has 3 rings (SSSR count). The summed E-state index contributed by atoms with van der Waals surface area (Å²) in [5.74, 6) is 0.131. The molecule has 2 aromatic carbocycles. The van der Waals surface area contributed by atoms with E-state index in [0.717, 1.165) is 9.79 Å². The molecule has 1 N–H and O–H groups in total. The Morgan fingerprint density at radius 3 is 2.31 bits per heavy atom. The van der Waals surface area contributed by atoms with Crippen LogP contribution in [0.2, 0.25) is 0 Å². The molecule has 0 aliphatic heterocycles. The molecule has 1 aliphatic carbocycles. The Balaban J connectivity index is 1.79. The van der Waals surface area contributed by atoms with Gasteiger partial charge in [0.05, 0.1) is 11.0 Å². The second-order valence-corrected chi connectivity index (χ2v) is 10.2. The molecule has 1 fully saturated rings. The van der Waals surface area contributed by atoms with Gasteiger partial charge in [0.1, 0.15) is 0 Å². The summed E-state index contributed by atoms with van der Waals surface area (Å²) in [5.41, 5.74) is -0.238. The zero-order valence-corrected chi connectivity index (χ0v) is 17.1. The molecule has 26 heavy (non-hydrogen) atoms. The van der Waals surface area contributed by atoms with E-state index in [-0.39, 0.29) is 23.5 Å². The van der Waals surface area contributed by atoms with Crippen molar-refractivity contribution >= 4 is 21.8 Å². The van der Waals surface area contributed by atoms with Gasteiger partial charge in [-0.15, -0.1) is 0 Å². The maximum atomic E-state index is 12.9. The van der Waals surface area contributed by atoms with Gasteiger partial charge in [-0.05, 0) is 36.2 Å². The lowest BCUT2D eigenvalue weighted by Gasteiger charge is -2.56. The molecule has 1 aliphatic rings. The lowest BCUT2D eigenvalue weighted by Crippen LogP contribution is -2.67. The minimum Gasteiger partial charge on any atom is -0.380 e. The molecule has 1 saturated carbocycles. The fourth-order valence-electron chi connectivity index (χ4n) is 3.93. The van der Waals surface area contributed by atoms with Gasteiger partial charge in [0.2, 0.25) is 10.0 Å². The highest BCUT2D eigenvalue weighted by Crippen LogP contribution is 2.47. The smallest absolute Gasteiger partial charge is 0.240 e. The van der Waals surface area contributed by atoms with Crippen LogP contribution in [-0.4, -0.2) is 27.7 Å². The van der Waals surface area contributed by atoms with Crippen LogP contribution in [0.1, 0.15) is 20.8 Å². The summed E-state index contributed by atoms with van der Waals surface area (Å²) in [4.78, 5) is 2.27. The Hall–Kier alpha value is -1.34. The Labute approximate surface area is 160 Å². The summed E-state index contributed by atoms with van der Waals surface area (Å²) >= 11 is 1.55. The minimum atomic E-state index is -3.59. The maximum absolute atomic E-state index is 12.9. The van der Waals surface area contributed by atoms with Crippen LogP contribution in [0, 0.1) is 11.3 Å². The molecule has 6 heteroatoms. The first-order valence-electron chi connectivity index (χ1n) is 8.64. The van der Waals surface area contributed by atoms with Gasteiger partial charge in [0.25, 0.3) is 0 Å². The third-order valence-corrected chi connectivity index (χ3v) is 7.61. The largest absolute Gasteiger partial charge is 0.380 e. The summed E-state index contributed by atoms with van der Waals surface area (Å²) in [6.45, 7) is 6.10. The summed E-state index contributed by atoms with van der Waals surface area (Å²) in [7, 11) is -1.91. The fraction of sp³-hybridized carbons (Fsp3) is 0.400. The zero-order valence-electron chi connectivity index (χ0n) is 15.5. The van der Waals surface area contributed by atoms with Crippen molar-refractivity contribution in [1.29, 1.82) is 0 Å². The molecular formula is C20H25NO3S2. The second kappa shape index (κ2) is 7.35. The van der Waals surface area contributed by atoms with Crippen molar-refractivity contribution in [3.05, 3.63) is 54.6 Å². The van der Waals surface area contributed by atoms with E-state index < -0.39 is 10.0 Å². The van der Waals surface area contributed by atoms with Gasteiger partial charge >= 0.3 is 0 Å². The molecule has 0 radical (unpaired) electrons. The van der Waals surface area contributed by atoms with Crippen LogP contribution in [0.3, 0.4) is 0 Å². The minimum absolute atomic E-state index is 0.0511. The first kappa shape index (κ1) is 19.4. The first-order valence-corrected chi connectivity index (χ1v) is 10.9. The number of sulfonamides is 1. The van der Waals surface area contributed by atoms with E-state index in [0.29, 0.717) is 4.90 Å². The predicted octanol–water partition coefficient (Wildman–Crippen LogP) is 4.18. The molecule has 0 bridgehead atoms. The van der Waals surface area contributed by atoms with E-state index in [2.05, 4.69) is 4.72 Å². The van der Waals surface area contributed by atoms with Crippen LogP contribution in [0.15, 0.2) is 69.3 Å². The molecule has 0 spiro atoms. The van der Waals surface area contributed by atoms with Gasteiger partial charge < -0.3 is 4.74 Å². The van der Waals surface area contributed by atoms with Gasteiger partial charge in [-0.25, -0.2) is 13.1 Å². The van der Waals surface area contributed by atoms with Crippen LogP contribution >= 0.6 is 11.8 Å². The highest BCUT2D eigenvalue weighted by atomic mass is 32.2. The van der Waals surface area contributed by atoms with Crippen LogP contribution in [0.5, 0.6) is 0 Å². The molecule has 0 heterocycles. The Morgan fingerprint density at radius 2 is 1.69 bits per heavy atom. The summed E-state index contributed by atoms with van der Waals surface area (Å²) < 4.78 is 34.2. The SMILES string of the molecule is COC1C(C)C(NS(=O)(=O)c2cccc(Sc3ccccc3)c2)C1(C)C. The lowest BCUT2D eigenvalue weighted by atomic mass is 9.58. The van der Waals surface area contributed by atoms with Crippen molar-refractivity contribution in [3.63, 3.8) is 0 Å². The summed E-state index contributed by atoms with van der Waals surface area (Å²) in [6.07, 6.45) is 0.0511. The van der Waals surface area contributed by atoms with Crippen molar-refractivity contribution in [2.75, 3.05) is 7.11 Å². The van der Waals surface area contributed by atoms with Crippen molar-refractivity contribution in [2.45, 2.75) is 47.6 Å².